The number of fused-ring (bicyclic) bond motifs is 1. The van der Waals surface area contributed by atoms with Crippen molar-refractivity contribution in [3.63, 3.8) is 0 Å². The fraction of sp³-hybridized carbons (Fsp3) is 0.600. The number of rotatable bonds is 1. The van der Waals surface area contributed by atoms with E-state index >= 15 is 0 Å². The molecule has 18 heavy (non-hydrogen) atoms. The van der Waals surface area contributed by atoms with Crippen LogP contribution >= 0.6 is 0 Å². The van der Waals surface area contributed by atoms with Gasteiger partial charge in [-0.25, -0.2) is 0 Å². The second-order valence-electron chi connectivity index (χ2n) is 5.40. The van der Waals surface area contributed by atoms with Gasteiger partial charge in [0.05, 0.1) is 0 Å². The number of nitrogen functional groups attached to an aromatic ring is 1. The Bertz CT molecular complexity index is 411. The minimum absolute atomic E-state index is 0.696. The molecule has 0 spiro atoms. The maximum Gasteiger partial charge on any atom is 0.0480 e. The van der Waals surface area contributed by atoms with Crippen molar-refractivity contribution >= 4 is 5.69 Å². The molecule has 0 aliphatic carbocycles. The number of ether oxygens (including phenoxy) is 1. The first-order valence-corrected chi connectivity index (χ1v) is 7.02. The summed E-state index contributed by atoms with van der Waals surface area (Å²) in [6.07, 6.45) is 4.75. The summed E-state index contributed by atoms with van der Waals surface area (Å²) in [5, 5.41) is 0. The maximum absolute atomic E-state index is 6.05. The Hall–Kier alpha value is -1.06. The summed E-state index contributed by atoms with van der Waals surface area (Å²) >= 11 is 0. The van der Waals surface area contributed by atoms with E-state index in [1.54, 1.807) is 0 Å². The smallest absolute Gasteiger partial charge is 0.0480 e. The van der Waals surface area contributed by atoms with Crippen LogP contribution in [0.25, 0.3) is 0 Å². The van der Waals surface area contributed by atoms with Crippen molar-refractivity contribution in [1.29, 1.82) is 0 Å². The van der Waals surface area contributed by atoms with Gasteiger partial charge in [-0.05, 0) is 42.9 Å². The lowest BCUT2D eigenvalue weighted by atomic mass is 9.95. The Balaban J connectivity index is 1.74. The van der Waals surface area contributed by atoms with E-state index in [4.69, 9.17) is 10.5 Å². The molecular weight excluding hydrogens is 224 g/mol. The van der Waals surface area contributed by atoms with E-state index in [0.29, 0.717) is 6.04 Å². The number of hydrogen-bond donors (Lipinski definition) is 1. The second-order valence-corrected chi connectivity index (χ2v) is 5.40. The van der Waals surface area contributed by atoms with Gasteiger partial charge in [-0.2, -0.15) is 0 Å². The van der Waals surface area contributed by atoms with Gasteiger partial charge in [-0.3, -0.25) is 4.90 Å². The molecular formula is C15H22N2O. The number of benzene rings is 1. The quantitative estimate of drug-likeness (QED) is 0.772. The fourth-order valence-electron chi connectivity index (χ4n) is 3.22. The monoisotopic (exact) mass is 246 g/mol. The summed E-state index contributed by atoms with van der Waals surface area (Å²) < 4.78 is 5.56. The van der Waals surface area contributed by atoms with E-state index in [-0.39, 0.29) is 0 Å². The number of nitrogens with two attached hydrogens (primary N) is 1. The van der Waals surface area contributed by atoms with Crippen LogP contribution in [0.3, 0.4) is 0 Å². The Morgan fingerprint density at radius 1 is 1.22 bits per heavy atom. The average molecular weight is 246 g/mol. The Morgan fingerprint density at radius 3 is 3.11 bits per heavy atom. The summed E-state index contributed by atoms with van der Waals surface area (Å²) in [7, 11) is 0. The van der Waals surface area contributed by atoms with Crippen molar-refractivity contribution in [3.8, 4) is 0 Å². The Kier molecular flexibility index (Phi) is 3.52. The predicted octanol–water partition coefficient (Wildman–Crippen LogP) is 2.20. The molecule has 1 unspecified atom stereocenters. The van der Waals surface area contributed by atoms with Crippen LogP contribution in [-0.2, 0) is 17.7 Å². The molecule has 2 heterocycles. The van der Waals surface area contributed by atoms with E-state index in [9.17, 15) is 0 Å². The second kappa shape index (κ2) is 5.29. The summed E-state index contributed by atoms with van der Waals surface area (Å²) in [6, 6.07) is 7.02. The lowest BCUT2D eigenvalue weighted by molar-refractivity contribution is 0.124. The molecule has 2 aliphatic heterocycles. The zero-order valence-corrected chi connectivity index (χ0v) is 10.9. The first-order valence-electron chi connectivity index (χ1n) is 7.02. The van der Waals surface area contributed by atoms with E-state index in [1.165, 1.54) is 30.4 Å². The van der Waals surface area contributed by atoms with Crippen molar-refractivity contribution in [3.05, 3.63) is 29.3 Å². The summed E-state index contributed by atoms with van der Waals surface area (Å²) in [4.78, 5) is 2.62. The summed E-state index contributed by atoms with van der Waals surface area (Å²) in [6.45, 7) is 4.07. The van der Waals surface area contributed by atoms with Crippen LogP contribution < -0.4 is 5.73 Å². The predicted molar refractivity (Wildman–Crippen MR) is 73.4 cm³/mol. The highest BCUT2D eigenvalue weighted by atomic mass is 16.5. The van der Waals surface area contributed by atoms with Gasteiger partial charge in [0.1, 0.15) is 0 Å². The van der Waals surface area contributed by atoms with Crippen LogP contribution in [0.15, 0.2) is 18.2 Å². The minimum Gasteiger partial charge on any atom is -0.398 e. The van der Waals surface area contributed by atoms with Crippen LogP contribution in [0.4, 0.5) is 5.69 Å². The SMILES string of the molecule is Nc1cccc2c1CCN(C1CCCOCC1)C2. The molecule has 1 fully saturated rings. The van der Waals surface area contributed by atoms with Crippen LogP contribution in [0.5, 0.6) is 0 Å². The zero-order valence-electron chi connectivity index (χ0n) is 10.9. The van der Waals surface area contributed by atoms with Gasteiger partial charge in [-0.1, -0.05) is 12.1 Å². The number of anilines is 1. The molecule has 1 atom stereocenters. The molecule has 3 heteroatoms. The average Bonchev–Trinajstić information content (AvgIpc) is 2.67. The summed E-state index contributed by atoms with van der Waals surface area (Å²) in [5.41, 5.74) is 9.82. The maximum atomic E-state index is 6.05. The molecule has 1 aromatic rings. The van der Waals surface area contributed by atoms with Gasteiger partial charge in [0.25, 0.3) is 0 Å². The van der Waals surface area contributed by atoms with Gasteiger partial charge in [0, 0.05) is 38.0 Å². The molecule has 0 bridgehead atoms. The largest absolute Gasteiger partial charge is 0.398 e. The lowest BCUT2D eigenvalue weighted by Gasteiger charge is -2.35. The first-order chi connectivity index (χ1) is 8.84. The Morgan fingerprint density at radius 2 is 2.17 bits per heavy atom. The third-order valence-electron chi connectivity index (χ3n) is 4.27. The van der Waals surface area contributed by atoms with E-state index in [0.717, 1.165) is 38.4 Å². The highest BCUT2D eigenvalue weighted by Crippen LogP contribution is 2.27. The van der Waals surface area contributed by atoms with E-state index in [2.05, 4.69) is 17.0 Å². The van der Waals surface area contributed by atoms with Crippen LogP contribution in [-0.4, -0.2) is 30.7 Å². The molecule has 3 rings (SSSR count). The number of hydrogen-bond acceptors (Lipinski definition) is 3. The van der Waals surface area contributed by atoms with Crippen LogP contribution in [0.2, 0.25) is 0 Å². The molecule has 0 aromatic heterocycles. The van der Waals surface area contributed by atoms with Crippen molar-refractivity contribution in [1.82, 2.24) is 4.90 Å². The highest BCUT2D eigenvalue weighted by Gasteiger charge is 2.24. The van der Waals surface area contributed by atoms with Crippen molar-refractivity contribution in [2.45, 2.75) is 38.3 Å². The zero-order chi connectivity index (χ0) is 12.4. The van der Waals surface area contributed by atoms with Crippen molar-refractivity contribution in [2.24, 2.45) is 0 Å². The Labute approximate surface area is 109 Å². The normalized spacial score (nSPS) is 25.4. The molecule has 1 saturated heterocycles. The first kappa shape index (κ1) is 12.0. The molecule has 2 aliphatic rings. The van der Waals surface area contributed by atoms with Gasteiger partial charge in [0.15, 0.2) is 0 Å². The fourth-order valence-corrected chi connectivity index (χ4v) is 3.22. The molecule has 2 N–H and O–H groups in total. The molecule has 3 nitrogen and oxygen atoms in total. The standard InChI is InChI=1S/C15H22N2O/c16-15-5-1-3-12-11-17(8-6-14(12)15)13-4-2-9-18-10-7-13/h1,3,5,13H,2,4,6-11,16H2. The van der Waals surface area contributed by atoms with Crippen LogP contribution in [0, 0.1) is 0 Å². The van der Waals surface area contributed by atoms with E-state index < -0.39 is 0 Å². The topological polar surface area (TPSA) is 38.5 Å². The molecule has 98 valence electrons. The third kappa shape index (κ3) is 2.38. The third-order valence-corrected chi connectivity index (χ3v) is 4.27. The molecule has 0 saturated carbocycles. The van der Waals surface area contributed by atoms with E-state index in [1.807, 2.05) is 6.07 Å². The van der Waals surface area contributed by atoms with Crippen molar-refractivity contribution < 1.29 is 4.74 Å². The number of nitrogens with zero attached hydrogens (tertiary/aromatic N) is 1. The van der Waals surface area contributed by atoms with Gasteiger partial charge >= 0.3 is 0 Å². The molecule has 0 radical (unpaired) electrons. The molecule has 1 aromatic carbocycles. The minimum atomic E-state index is 0.696. The highest BCUT2D eigenvalue weighted by molar-refractivity contribution is 5.51. The van der Waals surface area contributed by atoms with Crippen LogP contribution in [0.1, 0.15) is 30.4 Å². The molecule has 0 amide bonds. The van der Waals surface area contributed by atoms with Gasteiger partial charge < -0.3 is 10.5 Å². The summed E-state index contributed by atoms with van der Waals surface area (Å²) in [5.74, 6) is 0. The van der Waals surface area contributed by atoms with Gasteiger partial charge in [0.2, 0.25) is 0 Å². The van der Waals surface area contributed by atoms with Crippen molar-refractivity contribution in [2.75, 3.05) is 25.5 Å². The lowest BCUT2D eigenvalue weighted by Crippen LogP contribution is -2.39. The van der Waals surface area contributed by atoms with Gasteiger partial charge in [-0.15, -0.1) is 0 Å².